The van der Waals surface area contributed by atoms with Gasteiger partial charge in [0.15, 0.2) is 0 Å². The number of anilines is 1. The smallest absolute Gasteiger partial charge is 0.272 e. The molecule has 0 saturated carbocycles. The Bertz CT molecular complexity index is 599. The first-order chi connectivity index (χ1) is 9.26. The molecule has 1 aromatic rings. The van der Waals surface area contributed by atoms with Crippen molar-refractivity contribution in [3.05, 3.63) is 33.4 Å². The molecule has 1 aromatic carbocycles. The lowest BCUT2D eigenvalue weighted by Crippen LogP contribution is -2.26. The molecule has 0 atom stereocenters. The number of nitro groups is 1. The third-order valence-electron chi connectivity index (χ3n) is 2.80. The third-order valence-corrected chi connectivity index (χ3v) is 4.08. The minimum Gasteiger partial charge on any atom is -0.316 e. The average Bonchev–Trinajstić information content (AvgIpc) is 2.32. The van der Waals surface area contributed by atoms with Gasteiger partial charge in [-0.15, -0.1) is 0 Å². The first-order valence-corrected chi connectivity index (χ1v) is 7.89. The Morgan fingerprint density at radius 2 is 1.90 bits per heavy atom. The number of sulfonamides is 1. The molecule has 0 unspecified atom stereocenters. The van der Waals surface area contributed by atoms with Crippen LogP contribution in [0, 0.1) is 24.0 Å². The van der Waals surface area contributed by atoms with E-state index in [1.807, 2.05) is 6.92 Å². The van der Waals surface area contributed by atoms with Crippen molar-refractivity contribution < 1.29 is 13.3 Å². The molecule has 0 fully saturated rings. The Kier molecular flexibility index (Phi) is 5.46. The summed E-state index contributed by atoms with van der Waals surface area (Å²) in [6.45, 7) is 6.16. The normalized spacial score (nSPS) is 11.3. The molecule has 112 valence electrons. The largest absolute Gasteiger partial charge is 0.316 e. The molecule has 0 bridgehead atoms. The zero-order valence-corrected chi connectivity index (χ0v) is 12.6. The van der Waals surface area contributed by atoms with Gasteiger partial charge < -0.3 is 5.32 Å². The van der Waals surface area contributed by atoms with E-state index in [1.54, 1.807) is 13.8 Å². The molecule has 20 heavy (non-hydrogen) atoms. The van der Waals surface area contributed by atoms with Gasteiger partial charge in [-0.1, -0.05) is 6.92 Å². The highest BCUT2D eigenvalue weighted by Crippen LogP contribution is 2.26. The standard InChI is InChI=1S/C12H19N3O4S/c1-4-13-5-6-20(18,19)14-11-7-10(3)12(15(16)17)8-9(11)2/h7-8,13-14H,4-6H2,1-3H3. The fourth-order valence-corrected chi connectivity index (χ4v) is 2.78. The number of aryl methyl sites for hydroxylation is 2. The zero-order chi connectivity index (χ0) is 15.3. The van der Waals surface area contributed by atoms with Crippen molar-refractivity contribution >= 4 is 21.4 Å². The Balaban J connectivity index is 2.93. The first-order valence-electron chi connectivity index (χ1n) is 6.23. The van der Waals surface area contributed by atoms with Crippen LogP contribution in [-0.2, 0) is 10.0 Å². The van der Waals surface area contributed by atoms with Crippen LogP contribution in [0.1, 0.15) is 18.1 Å². The summed E-state index contributed by atoms with van der Waals surface area (Å²) in [5.74, 6) is -0.0453. The molecule has 0 spiro atoms. The van der Waals surface area contributed by atoms with Crippen LogP contribution in [0.5, 0.6) is 0 Å². The van der Waals surface area contributed by atoms with E-state index in [-0.39, 0.29) is 11.4 Å². The van der Waals surface area contributed by atoms with Gasteiger partial charge in [0, 0.05) is 18.2 Å². The van der Waals surface area contributed by atoms with E-state index in [1.165, 1.54) is 12.1 Å². The Labute approximate surface area is 118 Å². The van der Waals surface area contributed by atoms with Gasteiger partial charge in [-0.25, -0.2) is 8.42 Å². The highest BCUT2D eigenvalue weighted by atomic mass is 32.2. The van der Waals surface area contributed by atoms with Crippen molar-refractivity contribution in [3.8, 4) is 0 Å². The molecule has 0 aliphatic carbocycles. The van der Waals surface area contributed by atoms with Gasteiger partial charge in [0.25, 0.3) is 5.69 Å². The average molecular weight is 301 g/mol. The molecule has 0 saturated heterocycles. The van der Waals surface area contributed by atoms with E-state index in [0.29, 0.717) is 29.9 Å². The van der Waals surface area contributed by atoms with Crippen molar-refractivity contribution in [2.75, 3.05) is 23.6 Å². The third kappa shape index (κ3) is 4.46. The predicted molar refractivity (Wildman–Crippen MR) is 78.5 cm³/mol. The van der Waals surface area contributed by atoms with E-state index in [0.717, 1.165) is 0 Å². The van der Waals surface area contributed by atoms with E-state index < -0.39 is 14.9 Å². The summed E-state index contributed by atoms with van der Waals surface area (Å²) in [5, 5.41) is 13.7. The van der Waals surface area contributed by atoms with Crippen LogP contribution < -0.4 is 10.0 Å². The second kappa shape index (κ2) is 6.67. The maximum atomic E-state index is 11.9. The number of nitrogens with zero attached hydrogens (tertiary/aromatic N) is 1. The summed E-state index contributed by atoms with van der Waals surface area (Å²) in [5.41, 5.74) is 1.31. The molecule has 0 aliphatic rings. The van der Waals surface area contributed by atoms with Crippen LogP contribution in [0.2, 0.25) is 0 Å². The van der Waals surface area contributed by atoms with Crippen molar-refractivity contribution in [2.24, 2.45) is 0 Å². The van der Waals surface area contributed by atoms with Gasteiger partial charge >= 0.3 is 0 Å². The second-order valence-corrected chi connectivity index (χ2v) is 6.33. The maximum absolute atomic E-state index is 11.9. The molecule has 0 aromatic heterocycles. The fourth-order valence-electron chi connectivity index (χ4n) is 1.71. The summed E-state index contributed by atoms with van der Waals surface area (Å²) in [4.78, 5) is 10.3. The van der Waals surface area contributed by atoms with Crippen molar-refractivity contribution in [3.63, 3.8) is 0 Å². The highest BCUT2D eigenvalue weighted by Gasteiger charge is 2.16. The molecule has 7 nitrogen and oxygen atoms in total. The molecular weight excluding hydrogens is 282 g/mol. The minimum atomic E-state index is -3.46. The van der Waals surface area contributed by atoms with Gasteiger partial charge in [0.2, 0.25) is 10.0 Å². The predicted octanol–water partition coefficient (Wildman–Crippen LogP) is 1.56. The lowest BCUT2D eigenvalue weighted by Gasteiger charge is -2.11. The van der Waals surface area contributed by atoms with Crippen molar-refractivity contribution in [1.82, 2.24) is 5.32 Å². The SMILES string of the molecule is CCNCCS(=O)(=O)Nc1cc(C)c([N+](=O)[O-])cc1C. The Morgan fingerprint density at radius 1 is 1.25 bits per heavy atom. The van der Waals surface area contributed by atoms with Crippen LogP contribution in [0.3, 0.4) is 0 Å². The van der Waals surface area contributed by atoms with Crippen LogP contribution >= 0.6 is 0 Å². The maximum Gasteiger partial charge on any atom is 0.272 e. The summed E-state index contributed by atoms with van der Waals surface area (Å²) in [6.07, 6.45) is 0. The molecule has 0 amide bonds. The van der Waals surface area contributed by atoms with Gasteiger partial charge in [0.1, 0.15) is 0 Å². The number of benzene rings is 1. The minimum absolute atomic E-state index is 0.0157. The molecule has 8 heteroatoms. The molecule has 1 rings (SSSR count). The van der Waals surface area contributed by atoms with Crippen molar-refractivity contribution in [2.45, 2.75) is 20.8 Å². The van der Waals surface area contributed by atoms with Crippen LogP contribution in [0.4, 0.5) is 11.4 Å². The van der Waals surface area contributed by atoms with Crippen LogP contribution in [-0.4, -0.2) is 32.2 Å². The summed E-state index contributed by atoms with van der Waals surface area (Å²) in [6, 6.07) is 2.86. The highest BCUT2D eigenvalue weighted by molar-refractivity contribution is 7.92. The number of rotatable bonds is 7. The summed E-state index contributed by atoms with van der Waals surface area (Å²) < 4.78 is 26.2. The van der Waals surface area contributed by atoms with E-state index in [9.17, 15) is 18.5 Å². The topological polar surface area (TPSA) is 101 Å². The quantitative estimate of drug-likeness (QED) is 0.452. The number of nitrogens with one attached hydrogen (secondary N) is 2. The first kappa shape index (κ1) is 16.4. The molecule has 0 heterocycles. The molecule has 2 N–H and O–H groups in total. The number of hydrogen-bond acceptors (Lipinski definition) is 5. The van der Waals surface area contributed by atoms with Gasteiger partial charge in [-0.05, 0) is 32.0 Å². The second-order valence-electron chi connectivity index (χ2n) is 4.49. The fraction of sp³-hybridized carbons (Fsp3) is 0.500. The Hall–Kier alpha value is -1.67. The summed E-state index contributed by atoms with van der Waals surface area (Å²) in [7, 11) is -3.46. The monoisotopic (exact) mass is 301 g/mol. The number of hydrogen-bond donors (Lipinski definition) is 2. The van der Waals surface area contributed by atoms with E-state index >= 15 is 0 Å². The molecule has 0 aliphatic heterocycles. The summed E-state index contributed by atoms with van der Waals surface area (Å²) >= 11 is 0. The van der Waals surface area contributed by atoms with E-state index in [2.05, 4.69) is 10.0 Å². The molecule has 0 radical (unpaired) electrons. The lowest BCUT2D eigenvalue weighted by atomic mass is 10.1. The Morgan fingerprint density at radius 3 is 2.45 bits per heavy atom. The molecular formula is C12H19N3O4S. The van der Waals surface area contributed by atoms with Crippen LogP contribution in [0.25, 0.3) is 0 Å². The van der Waals surface area contributed by atoms with Gasteiger partial charge in [0.05, 0.1) is 16.4 Å². The zero-order valence-electron chi connectivity index (χ0n) is 11.8. The van der Waals surface area contributed by atoms with E-state index in [4.69, 9.17) is 0 Å². The van der Waals surface area contributed by atoms with Crippen molar-refractivity contribution in [1.29, 1.82) is 0 Å². The van der Waals surface area contributed by atoms with Gasteiger partial charge in [-0.3, -0.25) is 14.8 Å². The lowest BCUT2D eigenvalue weighted by molar-refractivity contribution is -0.385. The van der Waals surface area contributed by atoms with Crippen LogP contribution in [0.15, 0.2) is 12.1 Å². The number of nitro benzene ring substituents is 1. The van der Waals surface area contributed by atoms with Gasteiger partial charge in [-0.2, -0.15) is 0 Å².